The van der Waals surface area contributed by atoms with Crippen molar-refractivity contribution in [3.8, 4) is 0 Å². The molecular weight excluding hydrogens is 382 g/mol. The molecule has 1 saturated heterocycles. The van der Waals surface area contributed by atoms with Gasteiger partial charge in [0, 0.05) is 0 Å². The largest absolute Gasteiger partial charge is 0.498 e. The maximum Gasteiger partial charge on any atom is 0.356 e. The van der Waals surface area contributed by atoms with E-state index in [2.05, 4.69) is 5.32 Å². The summed E-state index contributed by atoms with van der Waals surface area (Å²) < 4.78 is 5.06. The fourth-order valence-electron chi connectivity index (χ4n) is 3.03. The number of amides is 2. The molecule has 0 unspecified atom stereocenters. The van der Waals surface area contributed by atoms with E-state index in [9.17, 15) is 19.5 Å². The van der Waals surface area contributed by atoms with Crippen molar-refractivity contribution in [3.63, 3.8) is 0 Å². The summed E-state index contributed by atoms with van der Waals surface area (Å²) in [5, 5.41) is 11.5. The van der Waals surface area contributed by atoms with E-state index in [1.54, 1.807) is 0 Å². The van der Waals surface area contributed by atoms with Crippen molar-refractivity contribution < 1.29 is 24.2 Å². The molecule has 142 valence electrons. The van der Waals surface area contributed by atoms with Crippen LogP contribution in [-0.4, -0.2) is 58.1 Å². The van der Waals surface area contributed by atoms with Gasteiger partial charge in [0.25, 0.3) is 5.91 Å². The summed E-state index contributed by atoms with van der Waals surface area (Å²) in [5.41, 5.74) is 6.63. The molecule has 0 saturated carbocycles. The van der Waals surface area contributed by atoms with Crippen LogP contribution in [0.3, 0.4) is 0 Å². The summed E-state index contributed by atoms with van der Waals surface area (Å²) in [6.07, 6.45) is 7.20. The number of rotatable bonds is 5. The van der Waals surface area contributed by atoms with Crippen LogP contribution in [0.15, 0.2) is 35.3 Å². The number of β-lactam (4-membered cyclic amide) rings is 1. The lowest BCUT2D eigenvalue weighted by molar-refractivity contribution is -0.151. The molecule has 0 aromatic heterocycles. The van der Waals surface area contributed by atoms with Crippen molar-refractivity contribution in [1.29, 1.82) is 0 Å². The normalized spacial score (nSPS) is 25.4. The van der Waals surface area contributed by atoms with E-state index in [0.717, 1.165) is 16.9 Å². The Labute approximate surface area is 160 Å². The first-order chi connectivity index (χ1) is 12.0. The first-order valence-corrected chi connectivity index (χ1v) is 8.85. The fraction of sp³-hybridized carbons (Fsp3) is 0.438. The Balaban J connectivity index is 0.00000243. The number of carboxylic acids is 1. The molecular formula is C16H20ClN3O5S. The van der Waals surface area contributed by atoms with E-state index in [-0.39, 0.29) is 23.9 Å². The summed E-state index contributed by atoms with van der Waals surface area (Å²) in [6.45, 7) is 0. The van der Waals surface area contributed by atoms with Crippen LogP contribution in [0.5, 0.6) is 0 Å². The molecule has 0 aromatic rings. The summed E-state index contributed by atoms with van der Waals surface area (Å²) in [6, 6.07) is -1.60. The van der Waals surface area contributed by atoms with Gasteiger partial charge in [-0.1, -0.05) is 18.2 Å². The molecule has 1 aliphatic carbocycles. The summed E-state index contributed by atoms with van der Waals surface area (Å²) >= 11 is 1.35. The molecule has 26 heavy (non-hydrogen) atoms. The molecule has 2 aliphatic heterocycles. The Kier molecular flexibility index (Phi) is 6.38. The quantitative estimate of drug-likeness (QED) is 0.449. The van der Waals surface area contributed by atoms with Crippen LogP contribution >= 0.6 is 24.2 Å². The van der Waals surface area contributed by atoms with Crippen molar-refractivity contribution in [3.05, 3.63) is 35.3 Å². The Hall–Kier alpha value is -1.97. The van der Waals surface area contributed by atoms with Gasteiger partial charge in [0.2, 0.25) is 5.91 Å². The van der Waals surface area contributed by atoms with Gasteiger partial charge in [-0.2, -0.15) is 0 Å². The topological polar surface area (TPSA) is 122 Å². The van der Waals surface area contributed by atoms with Gasteiger partial charge in [-0.3, -0.25) is 14.5 Å². The first-order valence-electron chi connectivity index (χ1n) is 7.80. The third-order valence-electron chi connectivity index (χ3n) is 4.40. The van der Waals surface area contributed by atoms with Gasteiger partial charge < -0.3 is 20.9 Å². The molecule has 8 nitrogen and oxygen atoms in total. The highest BCUT2D eigenvalue weighted by Gasteiger charge is 2.55. The minimum absolute atomic E-state index is 0. The summed E-state index contributed by atoms with van der Waals surface area (Å²) in [5.74, 6) is -1.57. The number of ether oxygens (including phenoxy) is 1. The number of hydrogen-bond donors (Lipinski definition) is 3. The average Bonchev–Trinajstić information content (AvgIpc) is 2.64. The zero-order valence-corrected chi connectivity index (χ0v) is 15.6. The second kappa shape index (κ2) is 8.15. The van der Waals surface area contributed by atoms with Gasteiger partial charge in [-0.25, -0.2) is 4.79 Å². The third-order valence-corrected chi connectivity index (χ3v) is 5.65. The zero-order chi connectivity index (χ0) is 18.1. The van der Waals surface area contributed by atoms with Crippen LogP contribution in [0.1, 0.15) is 12.8 Å². The molecule has 0 aromatic carbocycles. The summed E-state index contributed by atoms with van der Waals surface area (Å²) in [7, 11) is 1.37. The average molecular weight is 402 g/mol. The van der Waals surface area contributed by atoms with Crippen LogP contribution in [-0.2, 0) is 19.1 Å². The third kappa shape index (κ3) is 3.46. The van der Waals surface area contributed by atoms with E-state index in [1.165, 1.54) is 18.9 Å². The highest BCUT2D eigenvalue weighted by molar-refractivity contribution is 8.00. The number of nitrogens with two attached hydrogens (primary N) is 1. The highest BCUT2D eigenvalue weighted by Crippen LogP contribution is 2.40. The number of methoxy groups -OCH3 is 1. The molecule has 3 aliphatic rings. The molecule has 0 radical (unpaired) electrons. The summed E-state index contributed by atoms with van der Waals surface area (Å²) in [4.78, 5) is 37.4. The van der Waals surface area contributed by atoms with Crippen LogP contribution in [0.2, 0.25) is 0 Å². The molecule has 1 fully saturated rings. The highest BCUT2D eigenvalue weighted by atomic mass is 35.5. The van der Waals surface area contributed by atoms with Gasteiger partial charge in [0.1, 0.15) is 23.2 Å². The number of nitrogens with one attached hydrogen (secondary N) is 1. The van der Waals surface area contributed by atoms with Crippen molar-refractivity contribution in [1.82, 2.24) is 10.2 Å². The zero-order valence-electron chi connectivity index (χ0n) is 14.0. The SMILES string of the molecule is COC1=C(C(=O)O)N2C(=O)[C@@H](NC(=O)[C@H](N)C3=CCC=CC3)[C@H]2SC1.Cl. The van der Waals surface area contributed by atoms with Crippen molar-refractivity contribution >= 4 is 42.0 Å². The Morgan fingerprint density at radius 3 is 2.77 bits per heavy atom. The predicted octanol–water partition coefficient (Wildman–Crippen LogP) is 0.354. The number of allylic oxidation sites excluding steroid dienone is 3. The monoisotopic (exact) mass is 401 g/mol. The number of carbonyl (C=O) groups excluding carboxylic acids is 2. The minimum atomic E-state index is -1.23. The lowest BCUT2D eigenvalue weighted by atomic mass is 9.97. The van der Waals surface area contributed by atoms with Crippen LogP contribution < -0.4 is 11.1 Å². The first kappa shape index (κ1) is 20.3. The van der Waals surface area contributed by atoms with Crippen LogP contribution in [0, 0.1) is 0 Å². The minimum Gasteiger partial charge on any atom is -0.498 e. The number of carbonyl (C=O) groups is 3. The maximum atomic E-state index is 12.4. The van der Waals surface area contributed by atoms with E-state index in [0.29, 0.717) is 12.2 Å². The molecule has 2 amide bonds. The van der Waals surface area contributed by atoms with Crippen molar-refractivity contribution in [2.24, 2.45) is 5.73 Å². The predicted molar refractivity (Wildman–Crippen MR) is 98.4 cm³/mol. The lowest BCUT2D eigenvalue weighted by Crippen LogP contribution is -2.71. The Morgan fingerprint density at radius 2 is 2.19 bits per heavy atom. The Bertz CT molecular complexity index is 721. The van der Waals surface area contributed by atoms with Crippen molar-refractivity contribution in [2.45, 2.75) is 30.3 Å². The number of nitrogens with zero attached hydrogens (tertiary/aromatic N) is 1. The number of hydrogen-bond acceptors (Lipinski definition) is 6. The number of thioether (sulfide) groups is 1. The van der Waals surface area contributed by atoms with Crippen molar-refractivity contribution in [2.75, 3.05) is 12.9 Å². The number of aliphatic carboxylic acids is 1. The number of halogens is 1. The second-order valence-corrected chi connectivity index (χ2v) is 6.95. The maximum absolute atomic E-state index is 12.4. The molecule has 4 N–H and O–H groups in total. The molecule has 2 heterocycles. The molecule has 0 spiro atoms. The van der Waals surface area contributed by atoms with Gasteiger partial charge >= 0.3 is 5.97 Å². The molecule has 0 bridgehead atoms. The molecule has 10 heteroatoms. The van der Waals surface area contributed by atoms with E-state index >= 15 is 0 Å². The number of fused-ring (bicyclic) bond motifs is 1. The fourth-order valence-corrected chi connectivity index (χ4v) is 4.34. The van der Waals surface area contributed by atoms with Gasteiger partial charge in [0.15, 0.2) is 5.70 Å². The standard InChI is InChI=1S/C16H19N3O5S.ClH/c1-24-9-7-25-15-11(14(21)19(15)12(9)16(22)23)18-13(20)10(17)8-5-3-2-4-6-8;/h2-3,6,10-11,15H,4-5,7,17H2,1H3,(H,18,20)(H,22,23);1H/t10-,11-,15-;/m1./s1. The van der Waals surface area contributed by atoms with E-state index < -0.39 is 35.2 Å². The van der Waals surface area contributed by atoms with Crippen LogP contribution in [0.4, 0.5) is 0 Å². The smallest absolute Gasteiger partial charge is 0.356 e. The lowest BCUT2D eigenvalue weighted by Gasteiger charge is -2.49. The van der Waals surface area contributed by atoms with Crippen LogP contribution in [0.25, 0.3) is 0 Å². The van der Waals surface area contributed by atoms with Gasteiger partial charge in [0.05, 0.1) is 12.9 Å². The Morgan fingerprint density at radius 1 is 1.46 bits per heavy atom. The second-order valence-electron chi connectivity index (χ2n) is 5.85. The van der Waals surface area contributed by atoms with E-state index in [1.807, 2.05) is 18.2 Å². The molecule has 3 atom stereocenters. The van der Waals surface area contributed by atoms with Gasteiger partial charge in [-0.05, 0) is 18.4 Å². The molecule has 3 rings (SSSR count). The van der Waals surface area contributed by atoms with E-state index in [4.69, 9.17) is 10.5 Å². The van der Waals surface area contributed by atoms with Gasteiger partial charge in [-0.15, -0.1) is 24.2 Å². The number of carboxylic acid groups (broad SMARTS) is 1.